The molecule has 1 aliphatic rings. The molecule has 0 atom stereocenters. The zero-order chi connectivity index (χ0) is 12.1. The molecule has 0 fully saturated rings. The van der Waals surface area contributed by atoms with Gasteiger partial charge in [-0.2, -0.15) is 0 Å². The van der Waals surface area contributed by atoms with Crippen LogP contribution in [0.2, 0.25) is 0 Å². The number of hydrogen-bond acceptors (Lipinski definition) is 2. The predicted octanol–water partition coefficient (Wildman–Crippen LogP) is 3.14. The van der Waals surface area contributed by atoms with Gasteiger partial charge in [0.2, 0.25) is 0 Å². The Labute approximate surface area is 96.6 Å². The third-order valence-corrected chi connectivity index (χ3v) is 3.54. The van der Waals surface area contributed by atoms with Gasteiger partial charge in [0.25, 0.3) is 0 Å². The van der Waals surface area contributed by atoms with E-state index in [0.29, 0.717) is 0 Å². The Morgan fingerprint density at radius 2 is 1.75 bits per heavy atom. The van der Waals surface area contributed by atoms with E-state index < -0.39 is 0 Å². The summed E-state index contributed by atoms with van der Waals surface area (Å²) in [5.41, 5.74) is 5.12. The van der Waals surface area contributed by atoms with Crippen molar-refractivity contribution in [2.75, 3.05) is 0 Å². The van der Waals surface area contributed by atoms with Crippen molar-refractivity contribution in [3.8, 4) is 5.75 Å². The number of carbonyl (C=O) groups excluding carboxylic acids is 1. The zero-order valence-corrected chi connectivity index (χ0v) is 10.6. The minimum Gasteiger partial charge on any atom is -0.487 e. The second kappa shape index (κ2) is 3.34. The van der Waals surface area contributed by atoms with E-state index in [0.717, 1.165) is 40.7 Å². The summed E-state index contributed by atoms with van der Waals surface area (Å²) in [5.74, 6) is 0.991. The molecule has 0 aliphatic carbocycles. The van der Waals surface area contributed by atoms with Crippen LogP contribution in [0.3, 0.4) is 0 Å². The van der Waals surface area contributed by atoms with E-state index in [-0.39, 0.29) is 5.60 Å². The summed E-state index contributed by atoms with van der Waals surface area (Å²) < 4.78 is 5.97. The molecule has 16 heavy (non-hydrogen) atoms. The maximum absolute atomic E-state index is 11.1. The number of fused-ring (bicyclic) bond motifs is 1. The highest BCUT2D eigenvalue weighted by Crippen LogP contribution is 2.42. The molecular weight excluding hydrogens is 200 g/mol. The lowest BCUT2D eigenvalue weighted by molar-refractivity contribution is 0.112. The third-order valence-electron chi connectivity index (χ3n) is 3.54. The molecule has 0 saturated carbocycles. The third kappa shape index (κ3) is 1.44. The SMILES string of the molecule is Cc1c(C)c2c(c(C)c1C=O)CC(C)(C)O2. The molecule has 0 aromatic heterocycles. The smallest absolute Gasteiger partial charge is 0.150 e. The second-order valence-corrected chi connectivity index (χ2v) is 5.25. The van der Waals surface area contributed by atoms with Crippen LogP contribution in [0.4, 0.5) is 0 Å². The first-order chi connectivity index (χ1) is 7.37. The van der Waals surface area contributed by atoms with Gasteiger partial charge in [-0.15, -0.1) is 0 Å². The van der Waals surface area contributed by atoms with Gasteiger partial charge in [-0.05, 0) is 51.3 Å². The monoisotopic (exact) mass is 218 g/mol. The van der Waals surface area contributed by atoms with Crippen LogP contribution in [0.25, 0.3) is 0 Å². The zero-order valence-electron chi connectivity index (χ0n) is 10.6. The molecule has 0 saturated heterocycles. The van der Waals surface area contributed by atoms with Crippen molar-refractivity contribution in [3.05, 3.63) is 27.8 Å². The number of benzene rings is 1. The van der Waals surface area contributed by atoms with Gasteiger partial charge >= 0.3 is 0 Å². The van der Waals surface area contributed by atoms with Gasteiger partial charge in [-0.1, -0.05) is 0 Å². The molecule has 0 spiro atoms. The fourth-order valence-corrected chi connectivity index (χ4v) is 2.48. The number of rotatable bonds is 1. The molecular formula is C14H18O2. The first kappa shape index (κ1) is 11.2. The number of carbonyl (C=O) groups is 1. The Bertz CT molecular complexity index is 470. The van der Waals surface area contributed by atoms with E-state index in [1.165, 1.54) is 5.56 Å². The molecule has 86 valence electrons. The summed E-state index contributed by atoms with van der Waals surface area (Å²) in [5, 5.41) is 0. The largest absolute Gasteiger partial charge is 0.487 e. The van der Waals surface area contributed by atoms with Crippen LogP contribution in [-0.2, 0) is 6.42 Å². The van der Waals surface area contributed by atoms with Crippen molar-refractivity contribution in [1.82, 2.24) is 0 Å². The Balaban J connectivity index is 2.73. The standard InChI is InChI=1S/C14H18O2/c1-8-9(2)13-11(6-14(4,5)16-13)10(3)12(8)7-15/h7H,6H2,1-5H3. The molecule has 1 heterocycles. The van der Waals surface area contributed by atoms with Crippen molar-refractivity contribution in [2.45, 2.75) is 46.6 Å². The van der Waals surface area contributed by atoms with E-state index in [4.69, 9.17) is 4.74 Å². The Hall–Kier alpha value is -1.31. The molecule has 0 radical (unpaired) electrons. The first-order valence-corrected chi connectivity index (χ1v) is 5.64. The lowest BCUT2D eigenvalue weighted by atomic mass is 9.90. The molecule has 1 aromatic carbocycles. The highest BCUT2D eigenvalue weighted by Gasteiger charge is 2.34. The number of ether oxygens (including phenoxy) is 1. The summed E-state index contributed by atoms with van der Waals surface area (Å²) in [4.78, 5) is 11.1. The fourth-order valence-electron chi connectivity index (χ4n) is 2.48. The van der Waals surface area contributed by atoms with Crippen molar-refractivity contribution >= 4 is 6.29 Å². The van der Waals surface area contributed by atoms with Crippen molar-refractivity contribution < 1.29 is 9.53 Å². The number of hydrogen-bond donors (Lipinski definition) is 0. The minimum atomic E-state index is -0.147. The van der Waals surface area contributed by atoms with E-state index in [1.54, 1.807) is 0 Å². The van der Waals surface area contributed by atoms with Gasteiger partial charge in [0.15, 0.2) is 6.29 Å². The fraction of sp³-hybridized carbons (Fsp3) is 0.500. The highest BCUT2D eigenvalue weighted by atomic mass is 16.5. The first-order valence-electron chi connectivity index (χ1n) is 5.64. The molecule has 0 unspecified atom stereocenters. The van der Waals surface area contributed by atoms with Crippen molar-refractivity contribution in [3.63, 3.8) is 0 Å². The van der Waals surface area contributed by atoms with Crippen molar-refractivity contribution in [2.24, 2.45) is 0 Å². The Kier molecular flexibility index (Phi) is 2.33. The van der Waals surface area contributed by atoms with E-state index in [2.05, 4.69) is 13.8 Å². The van der Waals surface area contributed by atoms with E-state index >= 15 is 0 Å². The molecule has 0 N–H and O–H groups in total. The quantitative estimate of drug-likeness (QED) is 0.677. The average molecular weight is 218 g/mol. The van der Waals surface area contributed by atoms with Gasteiger partial charge in [0.05, 0.1) is 0 Å². The summed E-state index contributed by atoms with van der Waals surface area (Å²) in [7, 11) is 0. The maximum atomic E-state index is 11.1. The lowest BCUT2D eigenvalue weighted by Gasteiger charge is -2.18. The molecule has 2 nitrogen and oxygen atoms in total. The van der Waals surface area contributed by atoms with Crippen LogP contribution in [-0.4, -0.2) is 11.9 Å². The molecule has 0 bridgehead atoms. The van der Waals surface area contributed by atoms with Crippen LogP contribution in [0.15, 0.2) is 0 Å². The van der Waals surface area contributed by atoms with Crippen LogP contribution in [0.5, 0.6) is 5.75 Å². The highest BCUT2D eigenvalue weighted by molar-refractivity contribution is 5.82. The van der Waals surface area contributed by atoms with Gasteiger partial charge in [0.1, 0.15) is 11.4 Å². The number of aldehydes is 1. The molecule has 1 aromatic rings. The van der Waals surface area contributed by atoms with Gasteiger partial charge in [-0.25, -0.2) is 0 Å². The maximum Gasteiger partial charge on any atom is 0.150 e. The van der Waals surface area contributed by atoms with Gasteiger partial charge in [-0.3, -0.25) is 4.79 Å². The summed E-state index contributed by atoms with van der Waals surface area (Å²) in [6, 6.07) is 0. The van der Waals surface area contributed by atoms with Crippen LogP contribution >= 0.6 is 0 Å². The molecule has 0 amide bonds. The normalized spacial score (nSPS) is 16.8. The van der Waals surface area contributed by atoms with Gasteiger partial charge < -0.3 is 4.74 Å². The van der Waals surface area contributed by atoms with E-state index in [9.17, 15) is 4.79 Å². The van der Waals surface area contributed by atoms with Crippen LogP contribution in [0.1, 0.15) is 46.5 Å². The minimum absolute atomic E-state index is 0.147. The topological polar surface area (TPSA) is 26.3 Å². The summed E-state index contributed by atoms with van der Waals surface area (Å²) >= 11 is 0. The second-order valence-electron chi connectivity index (χ2n) is 5.25. The lowest BCUT2D eigenvalue weighted by Crippen LogP contribution is -2.24. The predicted molar refractivity (Wildman–Crippen MR) is 64.5 cm³/mol. The summed E-state index contributed by atoms with van der Waals surface area (Å²) in [6.45, 7) is 10.2. The molecule has 1 aliphatic heterocycles. The average Bonchev–Trinajstić information content (AvgIpc) is 2.52. The Morgan fingerprint density at radius 3 is 2.31 bits per heavy atom. The van der Waals surface area contributed by atoms with Crippen LogP contribution in [0, 0.1) is 20.8 Å². The van der Waals surface area contributed by atoms with Crippen LogP contribution < -0.4 is 4.74 Å². The Morgan fingerprint density at radius 1 is 1.12 bits per heavy atom. The molecule has 2 heteroatoms. The van der Waals surface area contributed by atoms with Crippen molar-refractivity contribution in [1.29, 1.82) is 0 Å². The van der Waals surface area contributed by atoms with Gasteiger partial charge in [0, 0.05) is 17.5 Å². The van der Waals surface area contributed by atoms with E-state index in [1.807, 2.05) is 20.8 Å². The molecule has 2 rings (SSSR count). The summed E-state index contributed by atoms with van der Waals surface area (Å²) in [6.07, 6.45) is 1.85.